The van der Waals surface area contributed by atoms with Crippen LogP contribution in [0, 0.1) is 10.1 Å². The van der Waals surface area contributed by atoms with Gasteiger partial charge in [-0.05, 0) is 25.0 Å². The first-order chi connectivity index (χ1) is 11.9. The lowest BCUT2D eigenvalue weighted by Crippen LogP contribution is -2.42. The van der Waals surface area contributed by atoms with E-state index in [9.17, 15) is 20.0 Å². The zero-order chi connectivity index (χ0) is 18.0. The van der Waals surface area contributed by atoms with Crippen molar-refractivity contribution in [1.29, 1.82) is 0 Å². The third kappa shape index (κ3) is 3.53. The number of nitrogens with zero attached hydrogens (tertiary/aromatic N) is 4. The smallest absolute Gasteiger partial charge is 0.294 e. The van der Waals surface area contributed by atoms with Gasteiger partial charge in [-0.25, -0.2) is 4.98 Å². The molecule has 0 aliphatic heterocycles. The molecule has 2 aromatic rings. The van der Waals surface area contributed by atoms with E-state index in [4.69, 9.17) is 0 Å². The Morgan fingerprint density at radius 3 is 2.76 bits per heavy atom. The first-order valence-electron chi connectivity index (χ1n) is 8.14. The minimum atomic E-state index is -0.854. The molecule has 132 valence electrons. The van der Waals surface area contributed by atoms with Crippen LogP contribution in [-0.2, 0) is 0 Å². The summed E-state index contributed by atoms with van der Waals surface area (Å²) in [5, 5.41) is 21.9. The fraction of sp³-hybridized carbons (Fsp3) is 0.412. The van der Waals surface area contributed by atoms with Crippen molar-refractivity contribution in [1.82, 2.24) is 14.5 Å². The van der Waals surface area contributed by atoms with Gasteiger partial charge in [-0.1, -0.05) is 12.8 Å². The lowest BCUT2D eigenvalue weighted by Gasteiger charge is -2.28. The van der Waals surface area contributed by atoms with E-state index in [1.807, 2.05) is 0 Å². The molecular weight excluding hydrogens is 324 g/mol. The molecule has 25 heavy (non-hydrogen) atoms. The number of benzene rings is 1. The zero-order valence-electron chi connectivity index (χ0n) is 14.0. The Morgan fingerprint density at radius 1 is 1.44 bits per heavy atom. The number of aromatic nitrogens is 2. The minimum absolute atomic E-state index is 0.170. The van der Waals surface area contributed by atoms with E-state index in [0.717, 1.165) is 12.8 Å². The minimum Gasteiger partial charge on any atom is -0.388 e. The Labute approximate surface area is 144 Å². The highest BCUT2D eigenvalue weighted by Crippen LogP contribution is 2.30. The lowest BCUT2D eigenvalue weighted by atomic mass is 10.0. The second-order valence-electron chi connectivity index (χ2n) is 6.52. The van der Waals surface area contributed by atoms with E-state index < -0.39 is 10.5 Å². The third-order valence-corrected chi connectivity index (χ3v) is 4.61. The molecule has 3 rings (SSSR count). The van der Waals surface area contributed by atoms with E-state index in [1.165, 1.54) is 34.1 Å². The average Bonchev–Trinajstić information content (AvgIpc) is 3.25. The zero-order valence-corrected chi connectivity index (χ0v) is 14.0. The highest BCUT2D eigenvalue weighted by Gasteiger charge is 2.34. The number of carbonyl (C=O) groups excluding carboxylic acids is 1. The van der Waals surface area contributed by atoms with E-state index in [0.29, 0.717) is 18.5 Å². The van der Waals surface area contributed by atoms with Gasteiger partial charge in [-0.3, -0.25) is 14.9 Å². The molecule has 1 aromatic heterocycles. The molecule has 8 nitrogen and oxygen atoms in total. The van der Waals surface area contributed by atoms with Crippen molar-refractivity contribution in [3.05, 3.63) is 52.6 Å². The number of likely N-dealkylation sites (N-methyl/N-ethyl adjacent to an activating group) is 1. The van der Waals surface area contributed by atoms with Gasteiger partial charge < -0.3 is 14.6 Å². The summed E-state index contributed by atoms with van der Waals surface area (Å²) in [5.74, 6) is -0.347. The van der Waals surface area contributed by atoms with Crippen LogP contribution in [0.4, 0.5) is 5.69 Å². The van der Waals surface area contributed by atoms with Crippen LogP contribution in [0.3, 0.4) is 0 Å². The number of carbonyl (C=O) groups is 1. The van der Waals surface area contributed by atoms with Crippen molar-refractivity contribution in [2.75, 3.05) is 13.6 Å². The van der Waals surface area contributed by atoms with Gasteiger partial charge in [0, 0.05) is 37.6 Å². The summed E-state index contributed by atoms with van der Waals surface area (Å²) in [4.78, 5) is 28.8. The number of nitro groups is 1. The molecule has 1 aromatic carbocycles. The number of nitro benzene ring substituents is 1. The number of hydrogen-bond donors (Lipinski definition) is 1. The summed E-state index contributed by atoms with van der Waals surface area (Å²) in [6.07, 6.45) is 7.83. The normalized spacial score (nSPS) is 15.9. The van der Waals surface area contributed by atoms with Gasteiger partial charge in [-0.15, -0.1) is 0 Å². The quantitative estimate of drug-likeness (QED) is 0.661. The van der Waals surface area contributed by atoms with Crippen molar-refractivity contribution in [2.24, 2.45) is 0 Å². The molecule has 1 aliphatic rings. The molecule has 1 saturated carbocycles. The van der Waals surface area contributed by atoms with E-state index in [-0.39, 0.29) is 23.7 Å². The van der Waals surface area contributed by atoms with Gasteiger partial charge >= 0.3 is 0 Å². The number of hydrogen-bond acceptors (Lipinski definition) is 5. The summed E-state index contributed by atoms with van der Waals surface area (Å²) in [6.45, 7) is 0.225. The maximum Gasteiger partial charge on any atom is 0.294 e. The standard InChI is InChI=1S/C17H20N4O4/c1-19(11-17(23)6-2-3-7-17)16(22)13-4-5-14(15(10-13)21(24)25)20-9-8-18-12-20/h4-5,8-10,12,23H,2-3,6-7,11H2,1H3. The molecule has 1 N–H and O–H groups in total. The third-order valence-electron chi connectivity index (χ3n) is 4.61. The molecule has 0 spiro atoms. The Balaban J connectivity index is 1.85. The van der Waals surface area contributed by atoms with Crippen LogP contribution in [0.25, 0.3) is 5.69 Å². The van der Waals surface area contributed by atoms with Crippen LogP contribution in [0.5, 0.6) is 0 Å². The molecule has 0 unspecified atom stereocenters. The van der Waals surface area contributed by atoms with Crippen LogP contribution in [0.15, 0.2) is 36.9 Å². The molecule has 1 fully saturated rings. The maximum atomic E-state index is 12.6. The largest absolute Gasteiger partial charge is 0.388 e. The topological polar surface area (TPSA) is 102 Å². The van der Waals surface area contributed by atoms with Crippen molar-refractivity contribution in [3.8, 4) is 5.69 Å². The Morgan fingerprint density at radius 2 is 2.16 bits per heavy atom. The number of amides is 1. The van der Waals surface area contributed by atoms with Crippen LogP contribution < -0.4 is 0 Å². The second kappa shape index (κ2) is 6.64. The van der Waals surface area contributed by atoms with E-state index >= 15 is 0 Å². The Bertz CT molecular complexity index is 782. The summed E-state index contributed by atoms with van der Waals surface area (Å²) in [7, 11) is 1.61. The van der Waals surface area contributed by atoms with Crippen LogP contribution in [0.1, 0.15) is 36.0 Å². The first kappa shape index (κ1) is 17.1. The molecule has 1 heterocycles. The molecule has 1 aliphatic carbocycles. The molecule has 0 saturated heterocycles. The summed E-state index contributed by atoms with van der Waals surface area (Å²) in [6, 6.07) is 4.36. The number of rotatable bonds is 5. The lowest BCUT2D eigenvalue weighted by molar-refractivity contribution is -0.384. The van der Waals surface area contributed by atoms with Crippen LogP contribution in [0.2, 0.25) is 0 Å². The predicted molar refractivity (Wildman–Crippen MR) is 90.6 cm³/mol. The fourth-order valence-electron chi connectivity index (χ4n) is 3.35. The van der Waals surface area contributed by atoms with Crippen molar-refractivity contribution in [3.63, 3.8) is 0 Å². The summed E-state index contributed by atoms with van der Waals surface area (Å²) in [5.41, 5.74) is -0.458. The van der Waals surface area contributed by atoms with E-state index in [2.05, 4.69) is 4.98 Å². The highest BCUT2D eigenvalue weighted by molar-refractivity contribution is 5.95. The Hall–Kier alpha value is -2.74. The maximum absolute atomic E-state index is 12.6. The highest BCUT2D eigenvalue weighted by atomic mass is 16.6. The van der Waals surface area contributed by atoms with Gasteiger partial charge in [-0.2, -0.15) is 0 Å². The van der Waals surface area contributed by atoms with Gasteiger partial charge in [0.25, 0.3) is 11.6 Å². The van der Waals surface area contributed by atoms with Crippen LogP contribution in [-0.4, -0.2) is 49.6 Å². The van der Waals surface area contributed by atoms with Crippen molar-refractivity contribution < 1.29 is 14.8 Å². The SMILES string of the molecule is CN(CC1(O)CCCC1)C(=O)c1ccc(-n2ccnc2)c([N+](=O)[O-])c1. The molecule has 0 radical (unpaired) electrons. The van der Waals surface area contributed by atoms with Crippen LogP contribution >= 0.6 is 0 Å². The molecule has 1 amide bonds. The van der Waals surface area contributed by atoms with Gasteiger partial charge in [0.2, 0.25) is 0 Å². The van der Waals surface area contributed by atoms with Crippen molar-refractivity contribution in [2.45, 2.75) is 31.3 Å². The fourth-order valence-corrected chi connectivity index (χ4v) is 3.35. The second-order valence-corrected chi connectivity index (χ2v) is 6.52. The van der Waals surface area contributed by atoms with Gasteiger partial charge in [0.05, 0.1) is 16.9 Å². The molecule has 0 bridgehead atoms. The van der Waals surface area contributed by atoms with Gasteiger partial charge in [0.1, 0.15) is 5.69 Å². The average molecular weight is 344 g/mol. The monoisotopic (exact) mass is 344 g/mol. The molecule has 0 atom stereocenters. The molecule has 8 heteroatoms. The summed E-state index contributed by atoms with van der Waals surface area (Å²) < 4.78 is 1.53. The molecular formula is C17H20N4O4. The van der Waals surface area contributed by atoms with Gasteiger partial charge in [0.15, 0.2) is 0 Å². The number of aliphatic hydroxyl groups is 1. The predicted octanol–water partition coefficient (Wildman–Crippen LogP) is 2.16. The van der Waals surface area contributed by atoms with Crippen molar-refractivity contribution >= 4 is 11.6 Å². The Kier molecular flexibility index (Phi) is 4.54. The van der Waals surface area contributed by atoms with E-state index in [1.54, 1.807) is 19.3 Å². The first-order valence-corrected chi connectivity index (χ1v) is 8.14. The summed E-state index contributed by atoms with van der Waals surface area (Å²) >= 11 is 0. The number of imidazole rings is 1.